The highest BCUT2D eigenvalue weighted by molar-refractivity contribution is 5.90. The number of hydrogen-bond acceptors (Lipinski definition) is 8. The van der Waals surface area contributed by atoms with Gasteiger partial charge in [0, 0.05) is 12.5 Å². The lowest BCUT2D eigenvalue weighted by Gasteiger charge is -2.39. The molecular formula is C37H39NO8. The average Bonchev–Trinajstić information content (AvgIpc) is 3.53. The van der Waals surface area contributed by atoms with Crippen LogP contribution in [0.1, 0.15) is 54.6 Å². The lowest BCUT2D eigenvalue weighted by Crippen LogP contribution is -2.48. The van der Waals surface area contributed by atoms with Crippen molar-refractivity contribution in [3.63, 3.8) is 0 Å². The largest absolute Gasteiger partial charge is 0.490 e. The molecule has 0 saturated carbocycles. The summed E-state index contributed by atoms with van der Waals surface area (Å²) in [6, 6.07) is 27.4. The molecule has 9 nitrogen and oxygen atoms in total. The van der Waals surface area contributed by atoms with Crippen LogP contribution in [0.4, 0.5) is 4.79 Å². The number of hydrogen-bond donors (Lipinski definition) is 0. The molecule has 1 fully saturated rings. The number of rotatable bonds is 9. The van der Waals surface area contributed by atoms with E-state index in [0.717, 1.165) is 22.9 Å². The Morgan fingerprint density at radius 1 is 0.870 bits per heavy atom. The summed E-state index contributed by atoms with van der Waals surface area (Å²) >= 11 is 0. The molecule has 4 aromatic carbocycles. The lowest BCUT2D eigenvalue weighted by atomic mass is 9.87. The zero-order valence-electron chi connectivity index (χ0n) is 26.4. The topological polar surface area (TPSA) is 92.8 Å². The van der Waals surface area contributed by atoms with Crippen LogP contribution in [0.2, 0.25) is 0 Å². The first-order valence-corrected chi connectivity index (χ1v) is 15.6. The zero-order valence-corrected chi connectivity index (χ0v) is 26.4. The maximum absolute atomic E-state index is 13.0. The quantitative estimate of drug-likeness (QED) is 0.144. The van der Waals surface area contributed by atoms with E-state index < -0.39 is 11.6 Å². The van der Waals surface area contributed by atoms with E-state index in [1.54, 1.807) is 23.1 Å². The van der Waals surface area contributed by atoms with Crippen molar-refractivity contribution in [2.24, 2.45) is 0 Å². The van der Waals surface area contributed by atoms with Gasteiger partial charge in [0.25, 0.3) is 0 Å². The number of carbonyl (C=O) groups is 2. The molecule has 4 aromatic rings. The van der Waals surface area contributed by atoms with Crippen molar-refractivity contribution >= 4 is 22.8 Å². The zero-order chi connectivity index (χ0) is 32.1. The van der Waals surface area contributed by atoms with Crippen LogP contribution in [0.5, 0.6) is 17.2 Å². The van der Waals surface area contributed by atoms with Gasteiger partial charge in [0.2, 0.25) is 6.79 Å². The number of benzene rings is 4. The van der Waals surface area contributed by atoms with Crippen LogP contribution in [-0.4, -0.2) is 61.8 Å². The third-order valence-corrected chi connectivity index (χ3v) is 7.99. The normalized spacial score (nSPS) is 17.5. The van der Waals surface area contributed by atoms with Crippen LogP contribution in [0.25, 0.3) is 10.8 Å². The lowest BCUT2D eigenvalue weighted by molar-refractivity contribution is -0.0359. The third-order valence-electron chi connectivity index (χ3n) is 7.99. The van der Waals surface area contributed by atoms with Gasteiger partial charge in [-0.3, -0.25) is 0 Å². The van der Waals surface area contributed by atoms with E-state index in [4.69, 9.17) is 28.4 Å². The van der Waals surface area contributed by atoms with Gasteiger partial charge in [-0.1, -0.05) is 48.5 Å². The number of fused-ring (bicyclic) bond motifs is 2. The number of piperidine rings is 1. The van der Waals surface area contributed by atoms with E-state index in [1.165, 1.54) is 5.39 Å². The second-order valence-corrected chi connectivity index (χ2v) is 12.5. The first-order valence-electron chi connectivity index (χ1n) is 15.6. The second-order valence-electron chi connectivity index (χ2n) is 12.5. The molecule has 0 radical (unpaired) electrons. The minimum absolute atomic E-state index is 0.0795. The highest BCUT2D eigenvalue weighted by Gasteiger charge is 2.35. The number of nitrogens with zero attached hydrogens (tertiary/aromatic N) is 1. The molecule has 0 aliphatic carbocycles. The molecule has 0 aromatic heterocycles. The van der Waals surface area contributed by atoms with Crippen molar-refractivity contribution in [1.82, 2.24) is 4.90 Å². The Hall–Kier alpha value is -4.76. The second kappa shape index (κ2) is 13.7. The third kappa shape index (κ3) is 7.72. The Labute approximate surface area is 268 Å². The molecule has 2 heterocycles. The van der Waals surface area contributed by atoms with Gasteiger partial charge in [-0.15, -0.1) is 0 Å². The first-order chi connectivity index (χ1) is 22.2. The van der Waals surface area contributed by atoms with Crippen molar-refractivity contribution in [3.05, 3.63) is 102 Å². The molecule has 2 atom stereocenters. The smallest absolute Gasteiger partial charge is 0.410 e. The summed E-state index contributed by atoms with van der Waals surface area (Å²) in [5, 5.41) is 2.35. The standard InChI is InChI=1S/C37H39NO8/c1-37(2,3)46-36(40)38-17-16-31(34(22-38)43-23-25-8-9-26-6-4-5-7-28(26)20-25)27-10-13-30(14-11-27)41-18-19-42-35(39)29-12-15-32-33(21-29)45-24-44-32/h4-15,20-21,31,34H,16-19,22-24H2,1-3H3. The van der Waals surface area contributed by atoms with Crippen LogP contribution >= 0.6 is 0 Å². The monoisotopic (exact) mass is 625 g/mol. The maximum atomic E-state index is 13.0. The molecule has 240 valence electrons. The molecule has 0 N–H and O–H groups in total. The summed E-state index contributed by atoms with van der Waals surface area (Å²) in [5.41, 5.74) is 2.00. The number of carbonyl (C=O) groups excluding carboxylic acids is 2. The Balaban J connectivity index is 1.06. The molecule has 0 spiro atoms. The molecule has 0 bridgehead atoms. The SMILES string of the molecule is CC(C)(C)OC(=O)N1CCC(c2ccc(OCCOC(=O)c3ccc4c(c3)OCO4)cc2)C(OCc2ccc3ccccc3c2)C1. The molecule has 6 rings (SSSR count). The van der Waals surface area contributed by atoms with Gasteiger partial charge >= 0.3 is 12.1 Å². The summed E-state index contributed by atoms with van der Waals surface area (Å²) in [6.45, 7) is 7.51. The fourth-order valence-electron chi connectivity index (χ4n) is 5.70. The number of esters is 1. The highest BCUT2D eigenvalue weighted by atomic mass is 16.7. The molecule has 1 amide bonds. The highest BCUT2D eigenvalue weighted by Crippen LogP contribution is 2.34. The van der Waals surface area contributed by atoms with Crippen molar-refractivity contribution in [2.75, 3.05) is 33.1 Å². The van der Waals surface area contributed by atoms with Gasteiger partial charge in [-0.05, 0) is 85.5 Å². The van der Waals surface area contributed by atoms with Gasteiger partial charge in [-0.25, -0.2) is 9.59 Å². The Bertz CT molecular complexity index is 1680. The van der Waals surface area contributed by atoms with E-state index in [9.17, 15) is 9.59 Å². The predicted molar refractivity (Wildman–Crippen MR) is 172 cm³/mol. The van der Waals surface area contributed by atoms with E-state index in [-0.39, 0.29) is 38.1 Å². The van der Waals surface area contributed by atoms with Crippen LogP contribution in [0.15, 0.2) is 84.9 Å². The van der Waals surface area contributed by atoms with E-state index in [0.29, 0.717) is 42.5 Å². The summed E-state index contributed by atoms with van der Waals surface area (Å²) in [7, 11) is 0. The Morgan fingerprint density at radius 3 is 2.46 bits per heavy atom. The van der Waals surface area contributed by atoms with E-state index in [1.807, 2.05) is 57.2 Å². The summed E-state index contributed by atoms with van der Waals surface area (Å²) in [4.78, 5) is 27.1. The average molecular weight is 626 g/mol. The molecule has 2 unspecified atom stereocenters. The van der Waals surface area contributed by atoms with Gasteiger partial charge in [-0.2, -0.15) is 0 Å². The van der Waals surface area contributed by atoms with Crippen molar-refractivity contribution in [2.45, 2.75) is 51.4 Å². The molecule has 9 heteroatoms. The number of likely N-dealkylation sites (tertiary alicyclic amines) is 1. The van der Waals surface area contributed by atoms with E-state index >= 15 is 0 Å². The maximum Gasteiger partial charge on any atom is 0.410 e. The van der Waals surface area contributed by atoms with Crippen LogP contribution in [0, 0.1) is 0 Å². The number of ether oxygens (including phenoxy) is 6. The van der Waals surface area contributed by atoms with Crippen molar-refractivity contribution in [3.8, 4) is 17.2 Å². The van der Waals surface area contributed by atoms with Crippen LogP contribution in [0.3, 0.4) is 0 Å². The van der Waals surface area contributed by atoms with Crippen LogP contribution < -0.4 is 14.2 Å². The first kappa shape index (κ1) is 31.2. The minimum Gasteiger partial charge on any atom is -0.490 e. The summed E-state index contributed by atoms with van der Waals surface area (Å²) in [6.07, 6.45) is 0.181. The fraction of sp³-hybridized carbons (Fsp3) is 0.351. The van der Waals surface area contributed by atoms with Gasteiger partial charge < -0.3 is 33.3 Å². The Kier molecular flexibility index (Phi) is 9.30. The summed E-state index contributed by atoms with van der Waals surface area (Å²) < 4.78 is 34.0. The molecule has 2 aliphatic heterocycles. The molecule has 46 heavy (non-hydrogen) atoms. The number of amides is 1. The molecular weight excluding hydrogens is 586 g/mol. The molecule has 1 saturated heterocycles. The summed E-state index contributed by atoms with van der Waals surface area (Å²) in [5.74, 6) is 1.44. The van der Waals surface area contributed by atoms with Gasteiger partial charge in [0.15, 0.2) is 11.5 Å². The van der Waals surface area contributed by atoms with Crippen LogP contribution in [-0.2, 0) is 20.8 Å². The van der Waals surface area contributed by atoms with Crippen molar-refractivity contribution < 1.29 is 38.0 Å². The minimum atomic E-state index is -0.574. The van der Waals surface area contributed by atoms with Gasteiger partial charge in [0.05, 0.1) is 24.8 Å². The Morgan fingerprint density at radius 2 is 1.65 bits per heavy atom. The molecule has 2 aliphatic rings. The van der Waals surface area contributed by atoms with E-state index in [2.05, 4.69) is 30.3 Å². The van der Waals surface area contributed by atoms with Gasteiger partial charge in [0.1, 0.15) is 24.6 Å². The fourth-order valence-corrected chi connectivity index (χ4v) is 5.70. The van der Waals surface area contributed by atoms with Crippen molar-refractivity contribution in [1.29, 1.82) is 0 Å². The predicted octanol–water partition coefficient (Wildman–Crippen LogP) is 7.11.